The second-order valence-corrected chi connectivity index (χ2v) is 8.44. The third-order valence-electron chi connectivity index (χ3n) is 5.01. The van der Waals surface area contributed by atoms with Gasteiger partial charge in [0.1, 0.15) is 0 Å². The fraction of sp³-hybridized carbons (Fsp3) is 0.611. The van der Waals surface area contributed by atoms with Gasteiger partial charge in [0.05, 0.1) is 17.9 Å². The number of hydrogen-bond donors (Lipinski definition) is 0. The van der Waals surface area contributed by atoms with E-state index in [4.69, 9.17) is 4.99 Å². The largest absolute Gasteiger partial charge is 0.353 e. The van der Waals surface area contributed by atoms with Crippen molar-refractivity contribution in [1.29, 1.82) is 0 Å². The van der Waals surface area contributed by atoms with Crippen LogP contribution in [0.3, 0.4) is 0 Å². The maximum Gasteiger partial charge on any atom is 0.0875 e. The molecule has 1 aromatic carbocycles. The summed E-state index contributed by atoms with van der Waals surface area (Å²) in [4.78, 5) is 7.56. The van der Waals surface area contributed by atoms with Crippen LogP contribution in [0, 0.1) is 5.92 Å². The molecule has 22 heavy (non-hydrogen) atoms. The summed E-state index contributed by atoms with van der Waals surface area (Å²) in [7, 11) is 0. The molecule has 2 aliphatic rings. The minimum Gasteiger partial charge on any atom is -0.353 e. The summed E-state index contributed by atoms with van der Waals surface area (Å²) in [6, 6.07) is 9.27. The highest BCUT2D eigenvalue weighted by Gasteiger charge is 2.45. The molecule has 1 aliphatic carbocycles. The fourth-order valence-corrected chi connectivity index (χ4v) is 4.30. The SMILES string of the molecule is CCC1(CCSC)N=CN(CC2CC2)C1c1ccc(Br)cc1. The van der Waals surface area contributed by atoms with Crippen molar-refractivity contribution in [2.75, 3.05) is 18.6 Å². The van der Waals surface area contributed by atoms with Crippen LogP contribution in [0.2, 0.25) is 0 Å². The molecule has 1 fully saturated rings. The van der Waals surface area contributed by atoms with E-state index in [1.807, 2.05) is 11.8 Å². The van der Waals surface area contributed by atoms with E-state index in [9.17, 15) is 0 Å². The van der Waals surface area contributed by atoms with E-state index in [-0.39, 0.29) is 5.54 Å². The smallest absolute Gasteiger partial charge is 0.0875 e. The van der Waals surface area contributed by atoms with Gasteiger partial charge in [-0.3, -0.25) is 4.99 Å². The van der Waals surface area contributed by atoms with Crippen LogP contribution in [0.1, 0.15) is 44.2 Å². The van der Waals surface area contributed by atoms with Crippen molar-refractivity contribution in [3.05, 3.63) is 34.3 Å². The van der Waals surface area contributed by atoms with Crippen LogP contribution >= 0.6 is 27.7 Å². The van der Waals surface area contributed by atoms with Gasteiger partial charge in [0.15, 0.2) is 0 Å². The molecule has 0 aromatic heterocycles. The minimum absolute atomic E-state index is 0.0474. The number of hydrogen-bond acceptors (Lipinski definition) is 3. The Morgan fingerprint density at radius 2 is 2.05 bits per heavy atom. The summed E-state index contributed by atoms with van der Waals surface area (Å²) in [6.45, 7) is 3.47. The van der Waals surface area contributed by atoms with E-state index in [0.717, 1.165) is 23.2 Å². The lowest BCUT2D eigenvalue weighted by Gasteiger charge is -2.37. The van der Waals surface area contributed by atoms with Gasteiger partial charge < -0.3 is 4.90 Å². The highest BCUT2D eigenvalue weighted by molar-refractivity contribution is 9.10. The quantitative estimate of drug-likeness (QED) is 0.649. The summed E-state index contributed by atoms with van der Waals surface area (Å²) >= 11 is 5.49. The highest BCUT2D eigenvalue weighted by Crippen LogP contribution is 2.45. The maximum atomic E-state index is 5.04. The number of thioether (sulfide) groups is 1. The molecule has 2 atom stereocenters. The van der Waals surface area contributed by atoms with E-state index < -0.39 is 0 Å². The van der Waals surface area contributed by atoms with Gasteiger partial charge in [-0.15, -0.1) is 0 Å². The van der Waals surface area contributed by atoms with Crippen molar-refractivity contribution < 1.29 is 0 Å². The Kier molecular flexibility index (Phi) is 5.18. The van der Waals surface area contributed by atoms with Gasteiger partial charge in [-0.2, -0.15) is 11.8 Å². The summed E-state index contributed by atoms with van der Waals surface area (Å²) < 4.78 is 1.15. The number of nitrogens with zero attached hydrogens (tertiary/aromatic N) is 2. The molecule has 0 amide bonds. The third kappa shape index (κ3) is 3.38. The number of aliphatic imine (C=N–C) groups is 1. The Hall–Kier alpha value is -0.480. The Morgan fingerprint density at radius 3 is 2.64 bits per heavy atom. The molecule has 3 rings (SSSR count). The molecule has 0 bridgehead atoms. The lowest BCUT2D eigenvalue weighted by molar-refractivity contribution is 0.216. The Morgan fingerprint density at radius 1 is 1.32 bits per heavy atom. The predicted octanol–water partition coefficient (Wildman–Crippen LogP) is 5.15. The van der Waals surface area contributed by atoms with Crippen LogP contribution in [0.15, 0.2) is 33.7 Å². The standard InChI is InChI=1S/C18H25BrN2S/c1-3-18(10-11-22-2)17(15-6-8-16(19)9-7-15)21(13-20-18)12-14-4-5-14/h6-9,13-14,17H,3-5,10-12H2,1-2H3. The van der Waals surface area contributed by atoms with Gasteiger partial charge in [-0.05, 0) is 61.3 Å². The first-order valence-electron chi connectivity index (χ1n) is 8.24. The average Bonchev–Trinajstić information content (AvgIpc) is 3.28. The number of benzene rings is 1. The summed E-state index contributed by atoms with van der Waals surface area (Å²) in [6.07, 6.45) is 9.38. The number of halogens is 1. The van der Waals surface area contributed by atoms with Gasteiger partial charge in [-0.25, -0.2) is 0 Å². The van der Waals surface area contributed by atoms with Crippen molar-refractivity contribution in [2.45, 2.75) is 44.2 Å². The van der Waals surface area contributed by atoms with E-state index in [1.165, 1.54) is 30.7 Å². The molecule has 1 aliphatic heterocycles. The first-order valence-corrected chi connectivity index (χ1v) is 10.4. The molecule has 120 valence electrons. The van der Waals surface area contributed by atoms with Crippen LogP contribution in [-0.2, 0) is 0 Å². The summed E-state index contributed by atoms with van der Waals surface area (Å²) in [5.41, 5.74) is 1.45. The highest BCUT2D eigenvalue weighted by atomic mass is 79.9. The minimum atomic E-state index is 0.0474. The van der Waals surface area contributed by atoms with E-state index >= 15 is 0 Å². The van der Waals surface area contributed by atoms with Crippen LogP contribution < -0.4 is 0 Å². The van der Waals surface area contributed by atoms with Crippen molar-refractivity contribution in [1.82, 2.24) is 4.90 Å². The molecule has 1 aromatic rings. The molecule has 4 heteroatoms. The topological polar surface area (TPSA) is 15.6 Å². The van der Waals surface area contributed by atoms with Crippen molar-refractivity contribution >= 4 is 34.0 Å². The molecular weight excluding hydrogens is 356 g/mol. The van der Waals surface area contributed by atoms with Crippen molar-refractivity contribution in [3.8, 4) is 0 Å². The lowest BCUT2D eigenvalue weighted by Crippen LogP contribution is -2.39. The normalized spacial score (nSPS) is 27.6. The Labute approximate surface area is 146 Å². The molecule has 0 N–H and O–H groups in total. The molecule has 0 radical (unpaired) electrons. The molecule has 0 spiro atoms. The van der Waals surface area contributed by atoms with Gasteiger partial charge in [0.25, 0.3) is 0 Å². The van der Waals surface area contributed by atoms with Crippen molar-refractivity contribution in [2.24, 2.45) is 10.9 Å². The Balaban J connectivity index is 1.90. The van der Waals surface area contributed by atoms with Crippen LogP contribution in [0.25, 0.3) is 0 Å². The lowest BCUT2D eigenvalue weighted by atomic mass is 9.81. The van der Waals surface area contributed by atoms with Crippen LogP contribution in [0.5, 0.6) is 0 Å². The zero-order valence-electron chi connectivity index (χ0n) is 13.5. The van der Waals surface area contributed by atoms with Gasteiger partial charge in [0.2, 0.25) is 0 Å². The second-order valence-electron chi connectivity index (χ2n) is 6.54. The first-order chi connectivity index (χ1) is 10.7. The van der Waals surface area contributed by atoms with E-state index in [2.05, 4.69) is 64.6 Å². The summed E-state index contributed by atoms with van der Waals surface area (Å²) in [5, 5.41) is 0. The first kappa shape index (κ1) is 16.4. The zero-order chi connectivity index (χ0) is 15.6. The van der Waals surface area contributed by atoms with Gasteiger partial charge >= 0.3 is 0 Å². The Bertz CT molecular complexity index is 526. The molecule has 0 saturated heterocycles. The van der Waals surface area contributed by atoms with Gasteiger partial charge in [-0.1, -0.05) is 35.0 Å². The van der Waals surface area contributed by atoms with Crippen LogP contribution in [-0.4, -0.2) is 35.3 Å². The molecule has 1 heterocycles. The number of rotatable bonds is 7. The predicted molar refractivity (Wildman–Crippen MR) is 101 cm³/mol. The van der Waals surface area contributed by atoms with Crippen LogP contribution in [0.4, 0.5) is 0 Å². The zero-order valence-corrected chi connectivity index (χ0v) is 15.9. The fourth-order valence-electron chi connectivity index (χ4n) is 3.47. The summed E-state index contributed by atoms with van der Waals surface area (Å²) in [5.74, 6) is 2.06. The molecule has 2 unspecified atom stereocenters. The van der Waals surface area contributed by atoms with Crippen molar-refractivity contribution in [3.63, 3.8) is 0 Å². The molecule has 1 saturated carbocycles. The van der Waals surface area contributed by atoms with E-state index in [1.54, 1.807) is 0 Å². The van der Waals surface area contributed by atoms with E-state index in [0.29, 0.717) is 6.04 Å². The maximum absolute atomic E-state index is 5.04. The molecular formula is C18H25BrN2S. The molecule has 2 nitrogen and oxygen atoms in total. The van der Waals surface area contributed by atoms with Gasteiger partial charge in [0, 0.05) is 11.0 Å². The monoisotopic (exact) mass is 380 g/mol. The third-order valence-corrected chi connectivity index (χ3v) is 6.15. The average molecular weight is 381 g/mol. The second kappa shape index (κ2) is 6.96.